The Kier molecular flexibility index (Phi) is 6.92. The average Bonchev–Trinajstić information content (AvgIpc) is 3.12. The third kappa shape index (κ3) is 4.51. The molecule has 0 saturated carbocycles. The summed E-state index contributed by atoms with van der Waals surface area (Å²) in [6.07, 6.45) is 1.56. The standard InChI is InChI=1S/C29H31NO4/c1-5-20-8-13-23(14-9-20)27-26(22-11-6-19(2)7-12-22)28(31)29(32)30(27)17-16-21-10-15-24(33-3)25(18-21)34-4/h6-15,18,27,31H,5,16-17H2,1-4H3. The second kappa shape index (κ2) is 10.0. The number of methoxy groups -OCH3 is 2. The number of carbonyl (C=O) groups is 1. The number of hydrogen-bond acceptors (Lipinski definition) is 4. The van der Waals surface area contributed by atoms with Crippen LogP contribution in [-0.4, -0.2) is 36.7 Å². The summed E-state index contributed by atoms with van der Waals surface area (Å²) in [7, 11) is 3.22. The van der Waals surface area contributed by atoms with Crippen molar-refractivity contribution < 1.29 is 19.4 Å². The summed E-state index contributed by atoms with van der Waals surface area (Å²) in [5.41, 5.74) is 5.87. The minimum Gasteiger partial charge on any atom is -0.503 e. The van der Waals surface area contributed by atoms with Gasteiger partial charge in [0, 0.05) is 12.1 Å². The van der Waals surface area contributed by atoms with Crippen LogP contribution in [-0.2, 0) is 17.6 Å². The molecule has 4 rings (SSSR count). The highest BCUT2D eigenvalue weighted by Gasteiger charge is 2.40. The molecule has 1 amide bonds. The monoisotopic (exact) mass is 457 g/mol. The van der Waals surface area contributed by atoms with E-state index in [4.69, 9.17) is 9.47 Å². The highest BCUT2D eigenvalue weighted by atomic mass is 16.5. The molecule has 0 spiro atoms. The maximum Gasteiger partial charge on any atom is 0.289 e. The lowest BCUT2D eigenvalue weighted by atomic mass is 9.92. The van der Waals surface area contributed by atoms with Crippen LogP contribution in [0.1, 0.15) is 40.8 Å². The largest absolute Gasteiger partial charge is 0.503 e. The van der Waals surface area contributed by atoms with Crippen molar-refractivity contribution in [3.8, 4) is 11.5 Å². The Morgan fingerprint density at radius 3 is 2.15 bits per heavy atom. The molecular weight excluding hydrogens is 426 g/mol. The minimum absolute atomic E-state index is 0.180. The zero-order chi connectivity index (χ0) is 24.2. The predicted octanol–water partition coefficient (Wildman–Crippen LogP) is 5.67. The molecule has 34 heavy (non-hydrogen) atoms. The number of carbonyl (C=O) groups excluding carboxylic acids is 1. The molecule has 1 atom stereocenters. The van der Waals surface area contributed by atoms with E-state index in [1.54, 1.807) is 19.1 Å². The summed E-state index contributed by atoms with van der Waals surface area (Å²) in [6, 6.07) is 21.7. The van der Waals surface area contributed by atoms with E-state index in [0.717, 1.165) is 28.7 Å². The lowest BCUT2D eigenvalue weighted by Crippen LogP contribution is -2.32. The number of benzene rings is 3. The van der Waals surface area contributed by atoms with Crippen LogP contribution in [0.25, 0.3) is 5.57 Å². The topological polar surface area (TPSA) is 59.0 Å². The van der Waals surface area contributed by atoms with Crippen molar-refractivity contribution in [1.29, 1.82) is 0 Å². The molecule has 1 aliphatic rings. The van der Waals surface area contributed by atoms with Crippen molar-refractivity contribution in [3.63, 3.8) is 0 Å². The van der Waals surface area contributed by atoms with Gasteiger partial charge in [-0.25, -0.2) is 0 Å². The van der Waals surface area contributed by atoms with Crippen molar-refractivity contribution >= 4 is 11.5 Å². The molecule has 176 valence electrons. The quantitative estimate of drug-likeness (QED) is 0.474. The Morgan fingerprint density at radius 2 is 1.53 bits per heavy atom. The average molecular weight is 458 g/mol. The molecule has 0 fully saturated rings. The molecule has 1 N–H and O–H groups in total. The summed E-state index contributed by atoms with van der Waals surface area (Å²) < 4.78 is 10.8. The molecule has 1 aliphatic heterocycles. The number of nitrogens with zero attached hydrogens (tertiary/aromatic N) is 1. The van der Waals surface area contributed by atoms with E-state index in [0.29, 0.717) is 30.0 Å². The van der Waals surface area contributed by atoms with Gasteiger partial charge in [-0.15, -0.1) is 0 Å². The molecule has 5 heteroatoms. The molecule has 0 saturated heterocycles. The fourth-order valence-electron chi connectivity index (χ4n) is 4.48. The molecule has 0 radical (unpaired) electrons. The third-order valence-electron chi connectivity index (χ3n) is 6.46. The SMILES string of the molecule is CCc1ccc(C2C(c3ccc(C)cc3)=C(O)C(=O)N2CCc2ccc(OC)c(OC)c2)cc1. The number of aliphatic hydroxyl groups is 1. The first-order valence-corrected chi connectivity index (χ1v) is 11.6. The van der Waals surface area contributed by atoms with Crippen molar-refractivity contribution in [2.24, 2.45) is 0 Å². The van der Waals surface area contributed by atoms with E-state index >= 15 is 0 Å². The van der Waals surface area contributed by atoms with Crippen LogP contribution in [0.4, 0.5) is 0 Å². The van der Waals surface area contributed by atoms with E-state index in [1.807, 2.05) is 49.4 Å². The van der Waals surface area contributed by atoms with Crippen LogP contribution in [0.3, 0.4) is 0 Å². The zero-order valence-electron chi connectivity index (χ0n) is 20.2. The van der Waals surface area contributed by atoms with Crippen molar-refractivity contribution in [3.05, 3.63) is 100 Å². The van der Waals surface area contributed by atoms with Crippen LogP contribution in [0, 0.1) is 6.92 Å². The molecule has 5 nitrogen and oxygen atoms in total. The summed E-state index contributed by atoms with van der Waals surface area (Å²) in [6.45, 7) is 4.59. The minimum atomic E-state index is -0.360. The van der Waals surface area contributed by atoms with E-state index in [9.17, 15) is 9.90 Å². The smallest absolute Gasteiger partial charge is 0.289 e. The Balaban J connectivity index is 1.69. The summed E-state index contributed by atoms with van der Waals surface area (Å²) >= 11 is 0. The Bertz CT molecular complexity index is 1200. The van der Waals surface area contributed by atoms with Gasteiger partial charge in [0.2, 0.25) is 0 Å². The summed E-state index contributed by atoms with van der Waals surface area (Å²) in [5.74, 6) is 0.792. The van der Waals surface area contributed by atoms with Gasteiger partial charge >= 0.3 is 0 Å². The van der Waals surface area contributed by atoms with Crippen LogP contribution in [0.15, 0.2) is 72.5 Å². The van der Waals surface area contributed by atoms with Crippen molar-refractivity contribution in [1.82, 2.24) is 4.90 Å². The van der Waals surface area contributed by atoms with Crippen LogP contribution in [0.2, 0.25) is 0 Å². The van der Waals surface area contributed by atoms with Gasteiger partial charge in [0.25, 0.3) is 5.91 Å². The van der Waals surface area contributed by atoms with E-state index in [1.165, 1.54) is 5.56 Å². The fourth-order valence-corrected chi connectivity index (χ4v) is 4.48. The second-order valence-corrected chi connectivity index (χ2v) is 8.56. The Labute approximate surface area is 201 Å². The number of hydrogen-bond donors (Lipinski definition) is 1. The number of aliphatic hydroxyl groups excluding tert-OH is 1. The van der Waals surface area contributed by atoms with Crippen LogP contribution >= 0.6 is 0 Å². The predicted molar refractivity (Wildman–Crippen MR) is 134 cm³/mol. The fraction of sp³-hybridized carbons (Fsp3) is 0.276. The Morgan fingerprint density at radius 1 is 0.882 bits per heavy atom. The van der Waals surface area contributed by atoms with Crippen LogP contribution in [0.5, 0.6) is 11.5 Å². The van der Waals surface area contributed by atoms with Gasteiger partial charge < -0.3 is 19.5 Å². The molecule has 0 aromatic heterocycles. The lowest BCUT2D eigenvalue weighted by Gasteiger charge is -2.28. The molecule has 0 bridgehead atoms. The normalized spacial score (nSPS) is 15.7. The lowest BCUT2D eigenvalue weighted by molar-refractivity contribution is -0.129. The van der Waals surface area contributed by atoms with Crippen LogP contribution < -0.4 is 9.47 Å². The number of ether oxygens (including phenoxy) is 2. The maximum absolute atomic E-state index is 13.3. The first-order valence-electron chi connectivity index (χ1n) is 11.6. The van der Waals surface area contributed by atoms with Gasteiger partial charge in [0.05, 0.1) is 20.3 Å². The molecule has 3 aromatic carbocycles. The van der Waals surface area contributed by atoms with E-state index in [2.05, 4.69) is 31.2 Å². The van der Waals surface area contributed by atoms with Gasteiger partial charge in [-0.1, -0.05) is 67.1 Å². The first-order chi connectivity index (χ1) is 16.5. The third-order valence-corrected chi connectivity index (χ3v) is 6.46. The molecular formula is C29H31NO4. The molecule has 0 aliphatic carbocycles. The molecule has 3 aromatic rings. The summed E-state index contributed by atoms with van der Waals surface area (Å²) in [4.78, 5) is 15.0. The summed E-state index contributed by atoms with van der Waals surface area (Å²) in [5, 5.41) is 11.0. The van der Waals surface area contributed by atoms with Gasteiger partial charge in [0.15, 0.2) is 17.3 Å². The molecule has 1 heterocycles. The second-order valence-electron chi connectivity index (χ2n) is 8.56. The number of aryl methyl sites for hydroxylation is 2. The number of rotatable bonds is 8. The van der Waals surface area contributed by atoms with Crippen molar-refractivity contribution in [2.75, 3.05) is 20.8 Å². The van der Waals surface area contributed by atoms with Gasteiger partial charge in [-0.3, -0.25) is 4.79 Å². The van der Waals surface area contributed by atoms with E-state index in [-0.39, 0.29) is 17.7 Å². The number of amides is 1. The van der Waals surface area contributed by atoms with Crippen molar-refractivity contribution in [2.45, 2.75) is 32.7 Å². The molecule has 1 unspecified atom stereocenters. The maximum atomic E-state index is 13.3. The van der Waals surface area contributed by atoms with Gasteiger partial charge in [-0.2, -0.15) is 0 Å². The zero-order valence-corrected chi connectivity index (χ0v) is 20.2. The first kappa shape index (κ1) is 23.4. The Hall–Kier alpha value is -3.73. The van der Waals surface area contributed by atoms with Gasteiger partial charge in [0.1, 0.15) is 0 Å². The highest BCUT2D eigenvalue weighted by molar-refractivity contribution is 6.05. The van der Waals surface area contributed by atoms with E-state index < -0.39 is 0 Å². The highest BCUT2D eigenvalue weighted by Crippen LogP contribution is 2.43. The van der Waals surface area contributed by atoms with Gasteiger partial charge in [-0.05, 0) is 54.2 Å².